The second-order valence-electron chi connectivity index (χ2n) is 4.46. The average Bonchev–Trinajstić information content (AvgIpc) is 2.49. The predicted molar refractivity (Wildman–Crippen MR) is 80.0 cm³/mol. The molecule has 1 N–H and O–H groups in total. The van der Waals surface area contributed by atoms with Gasteiger partial charge in [0.15, 0.2) is 6.29 Å². The average molecular weight is 303 g/mol. The van der Waals surface area contributed by atoms with Gasteiger partial charge in [0, 0.05) is 21.9 Å². The fourth-order valence-corrected chi connectivity index (χ4v) is 3.05. The van der Waals surface area contributed by atoms with Crippen LogP contribution in [-0.4, -0.2) is 12.7 Å². The molecular formula is C16H14FNO2S. The summed E-state index contributed by atoms with van der Waals surface area (Å²) in [6.45, 7) is 2.36. The summed E-state index contributed by atoms with van der Waals surface area (Å²) in [5, 5.41) is 2.63. The van der Waals surface area contributed by atoms with Crippen molar-refractivity contribution in [1.82, 2.24) is 5.32 Å². The van der Waals surface area contributed by atoms with E-state index in [0.717, 1.165) is 16.0 Å². The molecule has 1 amide bonds. The monoisotopic (exact) mass is 303 g/mol. The highest BCUT2D eigenvalue weighted by Crippen LogP contribution is 2.35. The van der Waals surface area contributed by atoms with Gasteiger partial charge in [-0.05, 0) is 36.2 Å². The Balaban J connectivity index is 2.39. The van der Waals surface area contributed by atoms with E-state index in [4.69, 9.17) is 0 Å². The predicted octanol–water partition coefficient (Wildman–Crippen LogP) is 3.34. The van der Waals surface area contributed by atoms with Crippen molar-refractivity contribution in [3.05, 3.63) is 58.9 Å². The third kappa shape index (κ3) is 3.70. The van der Waals surface area contributed by atoms with Crippen LogP contribution in [0.4, 0.5) is 4.39 Å². The van der Waals surface area contributed by atoms with Gasteiger partial charge in [-0.25, -0.2) is 4.39 Å². The smallest absolute Gasteiger partial charge is 0.207 e. The number of amides is 1. The summed E-state index contributed by atoms with van der Waals surface area (Å²) in [6, 6.07) is 9.92. The number of nitrogens with one attached hydrogen (secondary N) is 1. The first-order valence-corrected chi connectivity index (χ1v) is 7.15. The van der Waals surface area contributed by atoms with Crippen LogP contribution in [0.3, 0.4) is 0 Å². The number of benzene rings is 2. The van der Waals surface area contributed by atoms with E-state index in [9.17, 15) is 14.0 Å². The van der Waals surface area contributed by atoms with Crippen LogP contribution in [-0.2, 0) is 11.3 Å². The molecule has 0 atom stereocenters. The molecule has 0 saturated heterocycles. The molecule has 0 radical (unpaired) electrons. The molecule has 0 bridgehead atoms. The number of aryl methyl sites for hydroxylation is 1. The van der Waals surface area contributed by atoms with E-state index in [-0.39, 0.29) is 0 Å². The van der Waals surface area contributed by atoms with Gasteiger partial charge in [-0.3, -0.25) is 9.59 Å². The quantitative estimate of drug-likeness (QED) is 0.833. The van der Waals surface area contributed by atoms with Gasteiger partial charge in [-0.2, -0.15) is 0 Å². The highest BCUT2D eigenvalue weighted by Gasteiger charge is 2.11. The van der Waals surface area contributed by atoms with Crippen molar-refractivity contribution in [3.63, 3.8) is 0 Å². The topological polar surface area (TPSA) is 46.2 Å². The third-order valence-electron chi connectivity index (χ3n) is 2.98. The SMILES string of the molecule is Cc1cccc(CNC=O)c1Sc1ccc(F)cc1C=O. The lowest BCUT2D eigenvalue weighted by molar-refractivity contribution is -0.109. The molecule has 2 aromatic carbocycles. The fraction of sp³-hybridized carbons (Fsp3) is 0.125. The van der Waals surface area contributed by atoms with Gasteiger partial charge in [0.1, 0.15) is 5.82 Å². The Bertz CT molecular complexity index is 673. The Labute approximate surface area is 126 Å². The molecule has 21 heavy (non-hydrogen) atoms. The van der Waals surface area contributed by atoms with Crippen molar-refractivity contribution in [2.75, 3.05) is 0 Å². The van der Waals surface area contributed by atoms with E-state index in [2.05, 4.69) is 5.32 Å². The Kier molecular flexibility index (Phi) is 5.11. The van der Waals surface area contributed by atoms with E-state index >= 15 is 0 Å². The molecule has 2 rings (SSSR count). The zero-order chi connectivity index (χ0) is 15.2. The molecular weight excluding hydrogens is 289 g/mol. The normalized spacial score (nSPS) is 10.2. The summed E-state index contributed by atoms with van der Waals surface area (Å²) in [7, 11) is 0. The third-order valence-corrected chi connectivity index (χ3v) is 4.36. The summed E-state index contributed by atoms with van der Waals surface area (Å²) >= 11 is 1.40. The number of hydrogen-bond acceptors (Lipinski definition) is 3. The molecule has 0 saturated carbocycles. The Hall–Kier alpha value is -2.14. The maximum absolute atomic E-state index is 13.2. The fourth-order valence-electron chi connectivity index (χ4n) is 1.96. The molecule has 0 heterocycles. The minimum absolute atomic E-state index is 0.317. The molecule has 0 aromatic heterocycles. The molecule has 0 aliphatic rings. The lowest BCUT2D eigenvalue weighted by Gasteiger charge is -2.13. The summed E-state index contributed by atoms with van der Waals surface area (Å²) in [5.74, 6) is -0.436. The van der Waals surface area contributed by atoms with Crippen LogP contribution in [0, 0.1) is 12.7 Å². The lowest BCUT2D eigenvalue weighted by Crippen LogP contribution is -2.10. The van der Waals surface area contributed by atoms with Gasteiger partial charge in [0.2, 0.25) is 6.41 Å². The molecule has 108 valence electrons. The number of rotatable bonds is 6. The standard InChI is InChI=1S/C16H14FNO2S/c1-11-3-2-4-12(8-18-10-20)16(11)21-15-6-5-14(17)7-13(15)9-19/h2-7,9-10H,8H2,1H3,(H,18,20). The summed E-state index contributed by atoms with van der Waals surface area (Å²) in [6.07, 6.45) is 1.29. The zero-order valence-electron chi connectivity index (χ0n) is 11.4. The van der Waals surface area contributed by atoms with Gasteiger partial charge in [-0.15, -0.1) is 0 Å². The highest BCUT2D eigenvalue weighted by atomic mass is 32.2. The molecule has 3 nitrogen and oxygen atoms in total. The minimum Gasteiger partial charge on any atom is -0.355 e. The van der Waals surface area contributed by atoms with Crippen LogP contribution in [0.2, 0.25) is 0 Å². The number of aldehydes is 1. The van der Waals surface area contributed by atoms with Crippen LogP contribution >= 0.6 is 11.8 Å². The second-order valence-corrected chi connectivity index (χ2v) is 5.52. The van der Waals surface area contributed by atoms with Crippen molar-refractivity contribution in [3.8, 4) is 0 Å². The number of carbonyl (C=O) groups is 2. The summed E-state index contributed by atoms with van der Waals surface area (Å²) < 4.78 is 13.2. The molecule has 0 fully saturated rings. The Morgan fingerprint density at radius 1 is 1.24 bits per heavy atom. The van der Waals surface area contributed by atoms with Crippen molar-refractivity contribution < 1.29 is 14.0 Å². The van der Waals surface area contributed by atoms with Crippen LogP contribution in [0.15, 0.2) is 46.2 Å². The number of hydrogen-bond donors (Lipinski definition) is 1. The van der Waals surface area contributed by atoms with Gasteiger partial charge in [-0.1, -0.05) is 30.0 Å². The van der Waals surface area contributed by atoms with E-state index in [1.807, 2.05) is 25.1 Å². The zero-order valence-corrected chi connectivity index (χ0v) is 12.2. The summed E-state index contributed by atoms with van der Waals surface area (Å²) in [5.41, 5.74) is 2.30. The van der Waals surface area contributed by atoms with Crippen molar-refractivity contribution in [1.29, 1.82) is 0 Å². The minimum atomic E-state index is -0.436. The lowest BCUT2D eigenvalue weighted by atomic mass is 10.1. The molecule has 0 aliphatic heterocycles. The van der Waals surface area contributed by atoms with Gasteiger partial charge < -0.3 is 5.32 Å². The van der Waals surface area contributed by atoms with Crippen molar-refractivity contribution in [2.24, 2.45) is 0 Å². The second kappa shape index (κ2) is 7.04. The van der Waals surface area contributed by atoms with Crippen LogP contribution in [0.5, 0.6) is 0 Å². The van der Waals surface area contributed by atoms with Crippen LogP contribution < -0.4 is 5.32 Å². The molecule has 2 aromatic rings. The van der Waals surface area contributed by atoms with E-state index in [1.54, 1.807) is 6.07 Å². The maximum atomic E-state index is 13.2. The van der Waals surface area contributed by atoms with Gasteiger partial charge in [0.25, 0.3) is 0 Å². The Morgan fingerprint density at radius 3 is 2.76 bits per heavy atom. The Morgan fingerprint density at radius 2 is 2.05 bits per heavy atom. The maximum Gasteiger partial charge on any atom is 0.207 e. The largest absolute Gasteiger partial charge is 0.355 e. The highest BCUT2D eigenvalue weighted by molar-refractivity contribution is 7.99. The van der Waals surface area contributed by atoms with Crippen molar-refractivity contribution in [2.45, 2.75) is 23.3 Å². The molecule has 0 unspecified atom stereocenters. The first-order valence-electron chi connectivity index (χ1n) is 6.34. The van der Waals surface area contributed by atoms with Crippen LogP contribution in [0.1, 0.15) is 21.5 Å². The van der Waals surface area contributed by atoms with E-state index in [1.165, 1.54) is 23.9 Å². The van der Waals surface area contributed by atoms with Crippen molar-refractivity contribution >= 4 is 24.5 Å². The van der Waals surface area contributed by atoms with E-state index in [0.29, 0.717) is 29.7 Å². The van der Waals surface area contributed by atoms with Gasteiger partial charge >= 0.3 is 0 Å². The van der Waals surface area contributed by atoms with Gasteiger partial charge in [0.05, 0.1) is 0 Å². The first kappa shape index (κ1) is 15.3. The number of halogens is 1. The summed E-state index contributed by atoms with van der Waals surface area (Å²) in [4.78, 5) is 23.2. The number of carbonyl (C=O) groups excluding carboxylic acids is 2. The molecule has 5 heteroatoms. The molecule has 0 spiro atoms. The van der Waals surface area contributed by atoms with Crippen LogP contribution in [0.25, 0.3) is 0 Å². The molecule has 0 aliphatic carbocycles. The first-order chi connectivity index (χ1) is 10.2. The van der Waals surface area contributed by atoms with E-state index < -0.39 is 5.82 Å².